The smallest absolute Gasteiger partial charge is 0.338 e. The third-order valence-electron chi connectivity index (χ3n) is 5.81. The monoisotopic (exact) mass is 496 g/mol. The lowest BCUT2D eigenvalue weighted by atomic mass is 10.0. The number of benzene rings is 2. The lowest BCUT2D eigenvalue weighted by molar-refractivity contribution is 0.0462. The van der Waals surface area contributed by atoms with E-state index in [2.05, 4.69) is 27.2 Å². The van der Waals surface area contributed by atoms with Crippen molar-refractivity contribution < 1.29 is 17.9 Å². The summed E-state index contributed by atoms with van der Waals surface area (Å²) in [6.45, 7) is 4.89. The van der Waals surface area contributed by atoms with Crippen LogP contribution in [0, 0.1) is 12.8 Å². The first-order valence-corrected chi connectivity index (χ1v) is 12.8. The SMILES string of the molecule is Cc1ccc(Nc2nc(N)nc(COC(=O)c3ccc(S(=O)(=O)N4CCC(C)CC4)cc3)n2)cc1. The number of nitrogens with one attached hydrogen (secondary N) is 1. The van der Waals surface area contributed by atoms with E-state index in [1.54, 1.807) is 0 Å². The minimum Gasteiger partial charge on any atom is -0.454 e. The number of rotatable bonds is 7. The zero-order valence-corrected chi connectivity index (χ0v) is 20.5. The van der Waals surface area contributed by atoms with Crippen LogP contribution in [0.2, 0.25) is 0 Å². The van der Waals surface area contributed by atoms with Gasteiger partial charge in [-0.3, -0.25) is 0 Å². The molecular formula is C24H28N6O4S. The number of carbonyl (C=O) groups excluding carboxylic acids is 1. The number of carbonyl (C=O) groups is 1. The Morgan fingerprint density at radius 1 is 1.06 bits per heavy atom. The summed E-state index contributed by atoms with van der Waals surface area (Å²) in [5, 5.41) is 3.04. The quantitative estimate of drug-likeness (QED) is 0.471. The Balaban J connectivity index is 1.38. The number of aryl methyl sites for hydroxylation is 1. The summed E-state index contributed by atoms with van der Waals surface area (Å²) in [6, 6.07) is 13.4. The Hall–Kier alpha value is -3.57. The summed E-state index contributed by atoms with van der Waals surface area (Å²) in [6.07, 6.45) is 1.68. The number of piperidine rings is 1. The minimum absolute atomic E-state index is 0.0117. The molecule has 0 spiro atoms. The molecule has 0 saturated carbocycles. The van der Waals surface area contributed by atoms with Crippen LogP contribution >= 0.6 is 0 Å². The molecule has 3 aromatic rings. The number of hydrogen-bond acceptors (Lipinski definition) is 9. The number of nitrogen functional groups attached to an aromatic ring is 1. The van der Waals surface area contributed by atoms with E-state index in [9.17, 15) is 13.2 Å². The van der Waals surface area contributed by atoms with Crippen molar-refractivity contribution in [2.24, 2.45) is 5.92 Å². The second kappa shape index (κ2) is 10.4. The van der Waals surface area contributed by atoms with Crippen molar-refractivity contribution in [1.29, 1.82) is 0 Å². The number of nitrogens with two attached hydrogens (primary N) is 1. The summed E-state index contributed by atoms with van der Waals surface area (Å²) in [5.41, 5.74) is 7.89. The van der Waals surface area contributed by atoms with Crippen LogP contribution in [-0.4, -0.2) is 46.7 Å². The number of anilines is 3. The highest BCUT2D eigenvalue weighted by molar-refractivity contribution is 7.89. The van der Waals surface area contributed by atoms with Gasteiger partial charge in [0.15, 0.2) is 12.4 Å². The maximum Gasteiger partial charge on any atom is 0.338 e. The largest absolute Gasteiger partial charge is 0.454 e. The van der Waals surface area contributed by atoms with Crippen LogP contribution in [0.25, 0.3) is 0 Å². The number of nitrogens with zero attached hydrogens (tertiary/aromatic N) is 4. The molecule has 1 aliphatic heterocycles. The summed E-state index contributed by atoms with van der Waals surface area (Å²) in [4.78, 5) is 25.0. The maximum absolute atomic E-state index is 12.9. The van der Waals surface area contributed by atoms with Gasteiger partial charge in [0.2, 0.25) is 21.9 Å². The van der Waals surface area contributed by atoms with Crippen molar-refractivity contribution >= 4 is 33.6 Å². The Kier molecular flexibility index (Phi) is 7.27. The summed E-state index contributed by atoms with van der Waals surface area (Å²) in [5.74, 6) is 0.288. The molecule has 4 rings (SSSR count). The molecular weight excluding hydrogens is 468 g/mol. The lowest BCUT2D eigenvalue weighted by Crippen LogP contribution is -2.37. The van der Waals surface area contributed by atoms with Crippen molar-refractivity contribution in [3.8, 4) is 0 Å². The second-order valence-electron chi connectivity index (χ2n) is 8.61. The van der Waals surface area contributed by atoms with Crippen LogP contribution < -0.4 is 11.1 Å². The first-order valence-electron chi connectivity index (χ1n) is 11.3. The van der Waals surface area contributed by atoms with Gasteiger partial charge in [0.25, 0.3) is 0 Å². The van der Waals surface area contributed by atoms with Crippen LogP contribution in [0.3, 0.4) is 0 Å². The standard InChI is InChI=1S/C24H28N6O4S/c1-16-3-7-19(8-4-16)26-24-28-21(27-23(25)29-24)15-34-22(31)18-5-9-20(10-6-18)35(32,33)30-13-11-17(2)12-14-30/h3-10,17H,11-15H2,1-2H3,(H3,25,26,27,28,29). The van der Waals surface area contributed by atoms with E-state index >= 15 is 0 Å². The molecule has 1 aromatic heterocycles. The van der Waals surface area contributed by atoms with Gasteiger partial charge in [-0.2, -0.15) is 19.3 Å². The molecule has 0 atom stereocenters. The summed E-state index contributed by atoms with van der Waals surface area (Å²) >= 11 is 0. The Labute approximate surface area is 204 Å². The number of hydrogen-bond donors (Lipinski definition) is 2. The van der Waals surface area contributed by atoms with Gasteiger partial charge in [0, 0.05) is 18.8 Å². The van der Waals surface area contributed by atoms with E-state index in [1.807, 2.05) is 31.2 Å². The Bertz CT molecular complexity index is 1290. The van der Waals surface area contributed by atoms with Crippen molar-refractivity contribution in [2.75, 3.05) is 24.1 Å². The van der Waals surface area contributed by atoms with E-state index < -0.39 is 16.0 Å². The molecule has 0 radical (unpaired) electrons. The lowest BCUT2D eigenvalue weighted by Gasteiger charge is -2.29. The van der Waals surface area contributed by atoms with E-state index in [1.165, 1.54) is 28.6 Å². The van der Waals surface area contributed by atoms with Gasteiger partial charge in [0.1, 0.15) is 0 Å². The van der Waals surface area contributed by atoms with E-state index in [4.69, 9.17) is 10.5 Å². The van der Waals surface area contributed by atoms with E-state index in [-0.39, 0.29) is 34.8 Å². The third kappa shape index (κ3) is 6.11. The molecule has 2 heterocycles. The van der Waals surface area contributed by atoms with Crippen LogP contribution in [0.15, 0.2) is 53.4 Å². The molecule has 35 heavy (non-hydrogen) atoms. The molecule has 1 fully saturated rings. The molecule has 10 nitrogen and oxygen atoms in total. The average Bonchev–Trinajstić information content (AvgIpc) is 2.84. The summed E-state index contributed by atoms with van der Waals surface area (Å²) in [7, 11) is -3.59. The zero-order chi connectivity index (χ0) is 25.0. The molecule has 2 aromatic carbocycles. The highest BCUT2D eigenvalue weighted by Crippen LogP contribution is 2.24. The van der Waals surface area contributed by atoms with Crippen molar-refractivity contribution in [1.82, 2.24) is 19.3 Å². The molecule has 0 unspecified atom stereocenters. The maximum atomic E-state index is 12.9. The minimum atomic E-state index is -3.59. The number of sulfonamides is 1. The molecule has 3 N–H and O–H groups in total. The van der Waals surface area contributed by atoms with Crippen molar-refractivity contribution in [2.45, 2.75) is 38.2 Å². The predicted molar refractivity (Wildman–Crippen MR) is 131 cm³/mol. The van der Waals surface area contributed by atoms with Crippen LogP contribution in [0.5, 0.6) is 0 Å². The average molecular weight is 497 g/mol. The highest BCUT2D eigenvalue weighted by Gasteiger charge is 2.28. The Morgan fingerprint density at radius 3 is 2.37 bits per heavy atom. The molecule has 0 amide bonds. The second-order valence-corrected chi connectivity index (χ2v) is 10.5. The van der Waals surface area contributed by atoms with Gasteiger partial charge in [0.05, 0.1) is 10.5 Å². The molecule has 1 saturated heterocycles. The van der Waals surface area contributed by atoms with Gasteiger partial charge in [-0.25, -0.2) is 13.2 Å². The fourth-order valence-electron chi connectivity index (χ4n) is 3.68. The molecule has 0 aliphatic carbocycles. The molecule has 1 aliphatic rings. The van der Waals surface area contributed by atoms with Gasteiger partial charge in [-0.05, 0) is 62.1 Å². The van der Waals surface area contributed by atoms with Gasteiger partial charge in [-0.15, -0.1) is 0 Å². The topological polar surface area (TPSA) is 140 Å². The first-order chi connectivity index (χ1) is 16.7. The number of esters is 1. The van der Waals surface area contributed by atoms with E-state index in [0.717, 1.165) is 24.1 Å². The molecule has 184 valence electrons. The molecule has 0 bridgehead atoms. The number of ether oxygens (including phenoxy) is 1. The normalized spacial score (nSPS) is 15.0. The first kappa shape index (κ1) is 24.6. The van der Waals surface area contributed by atoms with Crippen LogP contribution in [0.1, 0.15) is 41.5 Å². The van der Waals surface area contributed by atoms with Gasteiger partial charge in [-0.1, -0.05) is 24.6 Å². The van der Waals surface area contributed by atoms with Crippen LogP contribution in [0.4, 0.5) is 17.6 Å². The third-order valence-corrected chi connectivity index (χ3v) is 7.72. The fraction of sp³-hybridized carbons (Fsp3) is 0.333. The van der Waals surface area contributed by atoms with Crippen LogP contribution in [-0.2, 0) is 21.4 Å². The van der Waals surface area contributed by atoms with Crippen molar-refractivity contribution in [3.63, 3.8) is 0 Å². The zero-order valence-electron chi connectivity index (χ0n) is 19.6. The van der Waals surface area contributed by atoms with Gasteiger partial charge < -0.3 is 15.8 Å². The molecule has 11 heteroatoms. The van der Waals surface area contributed by atoms with Crippen molar-refractivity contribution in [3.05, 3.63) is 65.5 Å². The van der Waals surface area contributed by atoms with Gasteiger partial charge >= 0.3 is 5.97 Å². The summed E-state index contributed by atoms with van der Waals surface area (Å²) < 4.78 is 32.5. The number of aromatic nitrogens is 3. The fourth-order valence-corrected chi connectivity index (χ4v) is 5.14. The predicted octanol–water partition coefficient (Wildman–Crippen LogP) is 3.28. The highest BCUT2D eigenvalue weighted by atomic mass is 32.2. The van der Waals surface area contributed by atoms with E-state index in [0.29, 0.717) is 19.0 Å². The Morgan fingerprint density at radius 2 is 1.71 bits per heavy atom.